The second-order valence-corrected chi connectivity index (χ2v) is 6.31. The molecule has 0 radical (unpaired) electrons. The lowest BCUT2D eigenvalue weighted by Gasteiger charge is -2.35. The molecule has 1 aliphatic heterocycles. The van der Waals surface area contributed by atoms with E-state index in [9.17, 15) is 4.79 Å². The van der Waals surface area contributed by atoms with Crippen molar-refractivity contribution < 1.29 is 4.79 Å². The molecule has 2 aromatic rings. The van der Waals surface area contributed by atoms with Gasteiger partial charge >= 0.3 is 0 Å². The molecule has 1 aromatic heterocycles. The number of nitrogens with one attached hydrogen (secondary N) is 1. The van der Waals surface area contributed by atoms with Gasteiger partial charge in [0.2, 0.25) is 5.91 Å². The molecule has 0 unspecified atom stereocenters. The number of piperazine rings is 1. The highest BCUT2D eigenvalue weighted by Gasteiger charge is 2.21. The summed E-state index contributed by atoms with van der Waals surface area (Å²) in [6, 6.07) is 11.5. The number of carbonyl (C=O) groups is 1. The highest BCUT2D eigenvalue weighted by molar-refractivity contribution is 6.30. The minimum atomic E-state index is 0.116. The van der Waals surface area contributed by atoms with Crippen LogP contribution in [0.4, 0.5) is 11.5 Å². The quantitative estimate of drug-likeness (QED) is 0.926. The Labute approximate surface area is 147 Å². The van der Waals surface area contributed by atoms with Gasteiger partial charge in [0.15, 0.2) is 0 Å². The summed E-state index contributed by atoms with van der Waals surface area (Å²) in [6.45, 7) is 5.33. The van der Waals surface area contributed by atoms with E-state index in [0.717, 1.165) is 43.2 Å². The zero-order valence-electron chi connectivity index (χ0n) is 13.7. The summed E-state index contributed by atoms with van der Waals surface area (Å²) in [5, 5.41) is 3.91. The third-order valence-electron chi connectivity index (χ3n) is 4.22. The van der Waals surface area contributed by atoms with Crippen molar-refractivity contribution in [2.45, 2.75) is 6.92 Å². The molecule has 1 aliphatic rings. The topological polar surface area (TPSA) is 48.5 Å². The third kappa shape index (κ3) is 3.97. The summed E-state index contributed by atoms with van der Waals surface area (Å²) in [6.07, 6.45) is 1.80. The molecule has 1 aromatic carbocycles. The van der Waals surface area contributed by atoms with Crippen LogP contribution in [0.3, 0.4) is 0 Å². The number of halogens is 1. The van der Waals surface area contributed by atoms with E-state index < -0.39 is 0 Å². The fourth-order valence-electron chi connectivity index (χ4n) is 2.83. The largest absolute Gasteiger partial charge is 0.376 e. The number of hydrogen-bond donors (Lipinski definition) is 1. The van der Waals surface area contributed by atoms with E-state index in [4.69, 9.17) is 11.6 Å². The molecule has 1 N–H and O–H groups in total. The van der Waals surface area contributed by atoms with Crippen LogP contribution in [-0.4, -0.2) is 48.5 Å². The number of pyridine rings is 1. The van der Waals surface area contributed by atoms with Crippen LogP contribution in [0.15, 0.2) is 42.6 Å². The fourth-order valence-corrected chi connectivity index (χ4v) is 3.06. The minimum Gasteiger partial charge on any atom is -0.376 e. The monoisotopic (exact) mass is 344 g/mol. The number of amides is 1. The van der Waals surface area contributed by atoms with E-state index in [1.165, 1.54) is 0 Å². The van der Waals surface area contributed by atoms with Crippen LogP contribution in [0, 0.1) is 6.92 Å². The molecule has 1 fully saturated rings. The van der Waals surface area contributed by atoms with Crippen molar-refractivity contribution in [2.75, 3.05) is 42.9 Å². The van der Waals surface area contributed by atoms with Crippen LogP contribution >= 0.6 is 11.6 Å². The average Bonchev–Trinajstić information content (AvgIpc) is 2.62. The number of hydrogen-bond acceptors (Lipinski definition) is 4. The Morgan fingerprint density at radius 1 is 1.21 bits per heavy atom. The van der Waals surface area contributed by atoms with E-state index in [1.807, 2.05) is 48.2 Å². The first-order valence-electron chi connectivity index (χ1n) is 8.07. The smallest absolute Gasteiger partial charge is 0.241 e. The lowest BCUT2D eigenvalue weighted by Crippen LogP contribution is -2.50. The summed E-state index contributed by atoms with van der Waals surface area (Å²) in [5.41, 5.74) is 1.98. The van der Waals surface area contributed by atoms with Gasteiger partial charge in [-0.3, -0.25) is 4.79 Å². The molecular weight excluding hydrogens is 324 g/mol. The van der Waals surface area contributed by atoms with E-state index in [0.29, 0.717) is 11.6 Å². The van der Waals surface area contributed by atoms with Crippen LogP contribution in [-0.2, 0) is 4.79 Å². The lowest BCUT2D eigenvalue weighted by molar-refractivity contribution is -0.129. The number of anilines is 2. The Bertz CT molecular complexity index is 699. The van der Waals surface area contributed by atoms with Gasteiger partial charge in [0.25, 0.3) is 0 Å². The average molecular weight is 345 g/mol. The summed E-state index contributed by atoms with van der Waals surface area (Å²) < 4.78 is 0. The van der Waals surface area contributed by atoms with Crippen LogP contribution in [0.1, 0.15) is 5.56 Å². The molecule has 24 heavy (non-hydrogen) atoms. The molecule has 5 nitrogen and oxygen atoms in total. The SMILES string of the molecule is Cc1cc(Cl)ccc1NCC(=O)N1CCN(c2ccccn2)CC1. The van der Waals surface area contributed by atoms with E-state index in [2.05, 4.69) is 15.2 Å². The fraction of sp³-hybridized carbons (Fsp3) is 0.333. The van der Waals surface area contributed by atoms with Crippen molar-refractivity contribution in [3.8, 4) is 0 Å². The molecule has 126 valence electrons. The van der Waals surface area contributed by atoms with Gasteiger partial charge in [-0.15, -0.1) is 0 Å². The van der Waals surface area contributed by atoms with Crippen molar-refractivity contribution in [3.05, 3.63) is 53.2 Å². The third-order valence-corrected chi connectivity index (χ3v) is 4.46. The predicted molar refractivity (Wildman–Crippen MR) is 97.7 cm³/mol. The van der Waals surface area contributed by atoms with E-state index in [-0.39, 0.29) is 5.91 Å². The number of rotatable bonds is 4. The van der Waals surface area contributed by atoms with E-state index >= 15 is 0 Å². The molecule has 1 amide bonds. The number of aryl methyl sites for hydroxylation is 1. The van der Waals surface area contributed by atoms with E-state index in [1.54, 1.807) is 6.20 Å². The lowest BCUT2D eigenvalue weighted by atomic mass is 10.2. The van der Waals surface area contributed by atoms with Gasteiger partial charge in [0, 0.05) is 43.1 Å². The van der Waals surface area contributed by atoms with Gasteiger partial charge in [-0.2, -0.15) is 0 Å². The van der Waals surface area contributed by atoms with Crippen molar-refractivity contribution in [1.82, 2.24) is 9.88 Å². The Balaban J connectivity index is 1.50. The Kier molecular flexibility index (Phi) is 5.20. The molecular formula is C18H21ClN4O. The predicted octanol–water partition coefficient (Wildman–Crippen LogP) is 2.80. The minimum absolute atomic E-state index is 0.116. The second kappa shape index (κ2) is 7.53. The molecule has 2 heterocycles. The highest BCUT2D eigenvalue weighted by Crippen LogP contribution is 2.19. The first-order chi connectivity index (χ1) is 11.6. The first-order valence-corrected chi connectivity index (χ1v) is 8.45. The van der Waals surface area contributed by atoms with Gasteiger partial charge in [-0.1, -0.05) is 17.7 Å². The maximum Gasteiger partial charge on any atom is 0.241 e. The van der Waals surface area contributed by atoms with Crippen LogP contribution in [0.25, 0.3) is 0 Å². The zero-order chi connectivity index (χ0) is 16.9. The Morgan fingerprint density at radius 3 is 2.67 bits per heavy atom. The molecule has 0 aliphatic carbocycles. The van der Waals surface area contributed by atoms with Crippen molar-refractivity contribution in [2.24, 2.45) is 0 Å². The zero-order valence-corrected chi connectivity index (χ0v) is 14.5. The van der Waals surface area contributed by atoms with Gasteiger partial charge in [-0.05, 0) is 42.8 Å². The van der Waals surface area contributed by atoms with Gasteiger partial charge in [0.05, 0.1) is 6.54 Å². The summed E-state index contributed by atoms with van der Waals surface area (Å²) >= 11 is 5.95. The summed E-state index contributed by atoms with van der Waals surface area (Å²) in [4.78, 5) is 20.9. The highest BCUT2D eigenvalue weighted by atomic mass is 35.5. The Hall–Kier alpha value is -2.27. The number of carbonyl (C=O) groups excluding carboxylic acids is 1. The van der Waals surface area contributed by atoms with Crippen LogP contribution < -0.4 is 10.2 Å². The molecule has 0 bridgehead atoms. The maximum absolute atomic E-state index is 12.4. The Morgan fingerprint density at radius 2 is 2.00 bits per heavy atom. The molecule has 3 rings (SSSR count). The number of nitrogens with zero attached hydrogens (tertiary/aromatic N) is 3. The summed E-state index contributed by atoms with van der Waals surface area (Å²) in [7, 11) is 0. The van der Waals surface area contributed by atoms with Gasteiger partial charge in [-0.25, -0.2) is 4.98 Å². The molecule has 0 spiro atoms. The number of aromatic nitrogens is 1. The van der Waals surface area contributed by atoms with Gasteiger partial charge in [0.1, 0.15) is 5.82 Å². The molecule has 6 heteroatoms. The normalized spacial score (nSPS) is 14.6. The van der Waals surface area contributed by atoms with Crippen LogP contribution in [0.2, 0.25) is 5.02 Å². The van der Waals surface area contributed by atoms with Crippen molar-refractivity contribution in [1.29, 1.82) is 0 Å². The van der Waals surface area contributed by atoms with Crippen molar-refractivity contribution in [3.63, 3.8) is 0 Å². The summed E-state index contributed by atoms with van der Waals surface area (Å²) in [5.74, 6) is 1.09. The second-order valence-electron chi connectivity index (χ2n) is 5.87. The molecule has 0 saturated carbocycles. The standard InChI is InChI=1S/C18H21ClN4O/c1-14-12-15(19)5-6-16(14)21-13-18(24)23-10-8-22(9-11-23)17-4-2-3-7-20-17/h2-7,12,21H,8-11,13H2,1H3. The molecule has 0 atom stereocenters. The number of benzene rings is 1. The van der Waals surface area contributed by atoms with Crippen LogP contribution in [0.5, 0.6) is 0 Å². The maximum atomic E-state index is 12.4. The van der Waals surface area contributed by atoms with Crippen molar-refractivity contribution >= 4 is 29.0 Å². The first kappa shape index (κ1) is 16.6. The molecule has 1 saturated heterocycles. The van der Waals surface area contributed by atoms with Gasteiger partial charge < -0.3 is 15.1 Å².